The van der Waals surface area contributed by atoms with Gasteiger partial charge in [0.25, 0.3) is 10.0 Å². The van der Waals surface area contributed by atoms with E-state index < -0.39 is 10.0 Å². The number of aromatic nitrogens is 2. The molecule has 0 spiro atoms. The van der Waals surface area contributed by atoms with Crippen LogP contribution >= 0.6 is 0 Å². The molecule has 7 nitrogen and oxygen atoms in total. The van der Waals surface area contributed by atoms with Crippen molar-refractivity contribution in [3.05, 3.63) is 66.7 Å². The normalized spacial score (nSPS) is 11.4. The average Bonchev–Trinajstić information content (AvgIpc) is 3.17. The van der Waals surface area contributed by atoms with Crippen LogP contribution in [0.3, 0.4) is 0 Å². The molecule has 1 heterocycles. The number of sulfonamides is 1. The van der Waals surface area contributed by atoms with Crippen LogP contribution in [-0.2, 0) is 10.0 Å². The predicted molar refractivity (Wildman–Crippen MR) is 112 cm³/mol. The van der Waals surface area contributed by atoms with E-state index in [1.165, 1.54) is 20.3 Å². The Balaban J connectivity index is 1.66. The van der Waals surface area contributed by atoms with Crippen LogP contribution in [0.1, 0.15) is 0 Å². The summed E-state index contributed by atoms with van der Waals surface area (Å²) in [6.45, 7) is 0. The first-order valence-electron chi connectivity index (χ1n) is 8.80. The number of benzene rings is 3. The molecule has 0 aliphatic carbocycles. The van der Waals surface area contributed by atoms with Gasteiger partial charge in [-0.3, -0.25) is 4.72 Å². The second-order valence-electron chi connectivity index (χ2n) is 6.31. The number of methoxy groups -OCH3 is 2. The van der Waals surface area contributed by atoms with Gasteiger partial charge in [-0.1, -0.05) is 30.3 Å². The smallest absolute Gasteiger partial charge is 0.261 e. The number of fused-ring (bicyclic) bond motifs is 1. The standard InChI is InChI=1S/C21H19N3O4S/c1-27-19-11-8-15(12-20(19)28-2)24-29(25,26)16-9-10-17-18(13-16)23-21(22-17)14-6-4-3-5-7-14/h3-13,24H,1-2H3,(H,22,23). The number of aromatic amines is 1. The van der Waals surface area contributed by atoms with Crippen LogP contribution in [0, 0.1) is 0 Å². The number of imidazole rings is 1. The first-order chi connectivity index (χ1) is 14.0. The molecule has 1 aromatic heterocycles. The molecule has 4 aromatic rings. The fourth-order valence-electron chi connectivity index (χ4n) is 3.00. The molecular weight excluding hydrogens is 390 g/mol. The molecular formula is C21H19N3O4S. The molecule has 0 saturated heterocycles. The minimum absolute atomic E-state index is 0.128. The number of hydrogen-bond acceptors (Lipinski definition) is 5. The topological polar surface area (TPSA) is 93.3 Å². The average molecular weight is 409 g/mol. The van der Waals surface area contributed by atoms with Crippen molar-refractivity contribution in [3.63, 3.8) is 0 Å². The maximum Gasteiger partial charge on any atom is 0.261 e. The number of nitrogens with zero attached hydrogens (tertiary/aromatic N) is 1. The second-order valence-corrected chi connectivity index (χ2v) is 7.99. The van der Waals surface area contributed by atoms with Crippen molar-refractivity contribution >= 4 is 26.7 Å². The largest absolute Gasteiger partial charge is 0.493 e. The number of anilines is 1. The molecule has 0 atom stereocenters. The fraction of sp³-hybridized carbons (Fsp3) is 0.0952. The molecule has 0 aliphatic rings. The molecule has 0 fully saturated rings. The minimum Gasteiger partial charge on any atom is -0.493 e. The summed E-state index contributed by atoms with van der Waals surface area (Å²) in [7, 11) is -0.787. The zero-order valence-electron chi connectivity index (χ0n) is 15.8. The SMILES string of the molecule is COc1ccc(NS(=O)(=O)c2ccc3nc(-c4ccccc4)[nH]c3c2)cc1OC. The summed E-state index contributed by atoms with van der Waals surface area (Å²) in [5, 5.41) is 0. The van der Waals surface area contributed by atoms with E-state index in [1.807, 2.05) is 30.3 Å². The van der Waals surface area contributed by atoms with Crippen molar-refractivity contribution in [1.82, 2.24) is 9.97 Å². The third kappa shape index (κ3) is 3.74. The lowest BCUT2D eigenvalue weighted by Gasteiger charge is -2.12. The van der Waals surface area contributed by atoms with Gasteiger partial charge in [0, 0.05) is 11.6 Å². The highest BCUT2D eigenvalue weighted by Crippen LogP contribution is 2.31. The van der Waals surface area contributed by atoms with Gasteiger partial charge in [0.2, 0.25) is 0 Å². The molecule has 0 amide bonds. The van der Waals surface area contributed by atoms with Gasteiger partial charge in [0.05, 0.1) is 35.8 Å². The van der Waals surface area contributed by atoms with E-state index in [9.17, 15) is 8.42 Å². The molecule has 8 heteroatoms. The first-order valence-corrected chi connectivity index (χ1v) is 10.3. The van der Waals surface area contributed by atoms with Crippen molar-refractivity contribution < 1.29 is 17.9 Å². The van der Waals surface area contributed by atoms with Crippen LogP contribution < -0.4 is 14.2 Å². The lowest BCUT2D eigenvalue weighted by Crippen LogP contribution is -2.13. The van der Waals surface area contributed by atoms with Crippen LogP contribution in [0.4, 0.5) is 5.69 Å². The van der Waals surface area contributed by atoms with Gasteiger partial charge >= 0.3 is 0 Å². The Morgan fingerprint density at radius 2 is 1.66 bits per heavy atom. The number of nitrogens with one attached hydrogen (secondary N) is 2. The maximum atomic E-state index is 12.9. The summed E-state index contributed by atoms with van der Waals surface area (Å²) in [6, 6.07) is 19.2. The molecule has 0 aliphatic heterocycles. The minimum atomic E-state index is -3.80. The molecule has 0 radical (unpaired) electrons. The van der Waals surface area contributed by atoms with E-state index >= 15 is 0 Å². The Kier molecular flexibility index (Phi) is 4.85. The van der Waals surface area contributed by atoms with E-state index in [2.05, 4.69) is 14.7 Å². The summed E-state index contributed by atoms with van der Waals surface area (Å²) in [4.78, 5) is 7.84. The van der Waals surface area contributed by atoms with Crippen molar-refractivity contribution in [3.8, 4) is 22.9 Å². The van der Waals surface area contributed by atoms with E-state index in [4.69, 9.17) is 9.47 Å². The van der Waals surface area contributed by atoms with Crippen molar-refractivity contribution in [2.24, 2.45) is 0 Å². The van der Waals surface area contributed by atoms with Crippen LogP contribution in [0.2, 0.25) is 0 Å². The third-order valence-corrected chi connectivity index (χ3v) is 5.83. The van der Waals surface area contributed by atoms with Crippen LogP contribution in [0.5, 0.6) is 11.5 Å². The number of ether oxygens (including phenoxy) is 2. The Bertz CT molecular complexity index is 1270. The Morgan fingerprint density at radius 3 is 2.38 bits per heavy atom. The highest BCUT2D eigenvalue weighted by molar-refractivity contribution is 7.92. The zero-order chi connectivity index (χ0) is 20.4. The third-order valence-electron chi connectivity index (χ3n) is 4.45. The second kappa shape index (κ2) is 7.48. The Morgan fingerprint density at radius 1 is 0.897 bits per heavy atom. The lowest BCUT2D eigenvalue weighted by atomic mass is 10.2. The number of rotatable bonds is 6. The zero-order valence-corrected chi connectivity index (χ0v) is 16.7. The van der Waals surface area contributed by atoms with Gasteiger partial charge in [-0.25, -0.2) is 13.4 Å². The van der Waals surface area contributed by atoms with Gasteiger partial charge < -0.3 is 14.5 Å². The van der Waals surface area contributed by atoms with Crippen molar-refractivity contribution in [2.75, 3.05) is 18.9 Å². The number of hydrogen-bond donors (Lipinski definition) is 2. The van der Waals surface area contributed by atoms with E-state index in [-0.39, 0.29) is 4.90 Å². The number of H-pyrrole nitrogens is 1. The van der Waals surface area contributed by atoms with E-state index in [1.54, 1.807) is 30.3 Å². The van der Waals surface area contributed by atoms with Crippen LogP contribution in [0.25, 0.3) is 22.4 Å². The lowest BCUT2D eigenvalue weighted by molar-refractivity contribution is 0.355. The highest BCUT2D eigenvalue weighted by Gasteiger charge is 2.17. The van der Waals surface area contributed by atoms with Gasteiger partial charge in [0.1, 0.15) is 5.82 Å². The first kappa shape index (κ1) is 18.8. The summed E-state index contributed by atoms with van der Waals surface area (Å²) < 4.78 is 38.7. The summed E-state index contributed by atoms with van der Waals surface area (Å²) >= 11 is 0. The Hall–Kier alpha value is -3.52. The highest BCUT2D eigenvalue weighted by atomic mass is 32.2. The van der Waals surface area contributed by atoms with E-state index in [0.29, 0.717) is 34.0 Å². The molecule has 148 valence electrons. The molecule has 4 rings (SSSR count). The summed E-state index contributed by atoms with van der Waals surface area (Å²) in [6.07, 6.45) is 0. The molecule has 3 aromatic carbocycles. The molecule has 2 N–H and O–H groups in total. The quantitative estimate of drug-likeness (QED) is 0.501. The van der Waals surface area contributed by atoms with Crippen LogP contribution in [-0.4, -0.2) is 32.6 Å². The maximum absolute atomic E-state index is 12.9. The van der Waals surface area contributed by atoms with Gasteiger partial charge in [-0.2, -0.15) is 0 Å². The predicted octanol–water partition coefficient (Wildman–Crippen LogP) is 4.05. The summed E-state index contributed by atoms with van der Waals surface area (Å²) in [5.74, 6) is 1.63. The Labute approximate surface area is 168 Å². The van der Waals surface area contributed by atoms with Crippen molar-refractivity contribution in [2.45, 2.75) is 4.90 Å². The molecule has 29 heavy (non-hydrogen) atoms. The monoisotopic (exact) mass is 409 g/mol. The molecule has 0 unspecified atom stereocenters. The van der Waals surface area contributed by atoms with Crippen molar-refractivity contribution in [1.29, 1.82) is 0 Å². The summed E-state index contributed by atoms with van der Waals surface area (Å²) in [5.41, 5.74) is 2.63. The fourth-order valence-corrected chi connectivity index (χ4v) is 4.08. The van der Waals surface area contributed by atoms with Gasteiger partial charge in [-0.05, 0) is 30.3 Å². The van der Waals surface area contributed by atoms with Crippen LogP contribution in [0.15, 0.2) is 71.6 Å². The molecule has 0 bridgehead atoms. The molecule has 0 saturated carbocycles. The van der Waals surface area contributed by atoms with E-state index in [0.717, 1.165) is 5.56 Å². The van der Waals surface area contributed by atoms with Gasteiger partial charge in [-0.15, -0.1) is 0 Å². The van der Waals surface area contributed by atoms with Gasteiger partial charge in [0.15, 0.2) is 11.5 Å².